The third-order valence-corrected chi connectivity index (χ3v) is 3.97. The van der Waals surface area contributed by atoms with Gasteiger partial charge in [-0.3, -0.25) is 14.5 Å². The normalized spacial score (nSPS) is 19.4. The van der Waals surface area contributed by atoms with Gasteiger partial charge in [-0.2, -0.15) is 0 Å². The van der Waals surface area contributed by atoms with Gasteiger partial charge in [0.1, 0.15) is 17.4 Å². The smallest absolute Gasteiger partial charge is 0.412 e. The Balaban J connectivity index is 2.35. The van der Waals surface area contributed by atoms with Crippen LogP contribution in [0.3, 0.4) is 0 Å². The van der Waals surface area contributed by atoms with Crippen LogP contribution in [0.4, 0.5) is 4.79 Å². The standard InChI is InChI=1S/C19H26N2O5/c1-19(2,3)26-18(23)21-15(13-7-9-14(24-5)10-8-13)11-12-16(21)17(22)20(4)25-6/h7-12,15-16H,1-6H3/t15-,16+/m1/s1. The number of likely N-dealkylation sites (N-methyl/N-ethyl adjacent to an activating group) is 1. The maximum atomic E-state index is 12.8. The van der Waals surface area contributed by atoms with Gasteiger partial charge in [0, 0.05) is 7.05 Å². The second kappa shape index (κ2) is 7.78. The van der Waals surface area contributed by atoms with Gasteiger partial charge in [-0.05, 0) is 38.5 Å². The molecule has 0 unspecified atom stereocenters. The number of hydroxylamine groups is 2. The van der Waals surface area contributed by atoms with Gasteiger partial charge in [-0.25, -0.2) is 9.86 Å². The second-order valence-corrected chi connectivity index (χ2v) is 6.95. The molecule has 7 heteroatoms. The monoisotopic (exact) mass is 362 g/mol. The molecule has 0 aliphatic carbocycles. The highest BCUT2D eigenvalue weighted by molar-refractivity contribution is 5.88. The molecular formula is C19H26N2O5. The summed E-state index contributed by atoms with van der Waals surface area (Å²) >= 11 is 0. The number of amides is 2. The number of hydrogen-bond donors (Lipinski definition) is 0. The highest BCUT2D eigenvalue weighted by Gasteiger charge is 2.41. The zero-order valence-corrected chi connectivity index (χ0v) is 16.1. The summed E-state index contributed by atoms with van der Waals surface area (Å²) in [7, 11) is 4.49. The number of rotatable bonds is 4. The largest absolute Gasteiger partial charge is 0.497 e. The Kier molecular flexibility index (Phi) is 5.92. The van der Waals surface area contributed by atoms with E-state index in [0.717, 1.165) is 10.6 Å². The molecular weight excluding hydrogens is 336 g/mol. The van der Waals surface area contributed by atoms with Crippen molar-refractivity contribution in [2.24, 2.45) is 0 Å². The maximum Gasteiger partial charge on any atom is 0.412 e. The molecule has 142 valence electrons. The van der Waals surface area contributed by atoms with E-state index < -0.39 is 23.8 Å². The van der Waals surface area contributed by atoms with Crippen LogP contribution in [0.1, 0.15) is 32.4 Å². The Bertz CT molecular complexity index is 678. The predicted octanol–water partition coefficient (Wildman–Crippen LogP) is 2.93. The number of nitrogens with zero attached hydrogens (tertiary/aromatic N) is 2. The first kappa shape index (κ1) is 19.8. The molecule has 0 aromatic heterocycles. The molecule has 1 heterocycles. The Morgan fingerprint density at radius 1 is 1.08 bits per heavy atom. The summed E-state index contributed by atoms with van der Waals surface area (Å²) in [5.74, 6) is 0.358. The Morgan fingerprint density at radius 3 is 2.19 bits per heavy atom. The van der Waals surface area contributed by atoms with Crippen LogP contribution in [0, 0.1) is 0 Å². The fourth-order valence-corrected chi connectivity index (χ4v) is 2.66. The molecule has 1 aromatic rings. The van der Waals surface area contributed by atoms with Crippen LogP contribution in [-0.4, -0.2) is 54.9 Å². The summed E-state index contributed by atoms with van der Waals surface area (Å²) in [5.41, 5.74) is 0.175. The molecule has 0 saturated carbocycles. The number of benzene rings is 1. The van der Waals surface area contributed by atoms with Gasteiger partial charge in [-0.1, -0.05) is 24.3 Å². The lowest BCUT2D eigenvalue weighted by Gasteiger charge is -2.33. The van der Waals surface area contributed by atoms with Crippen molar-refractivity contribution in [1.82, 2.24) is 9.96 Å². The second-order valence-electron chi connectivity index (χ2n) is 6.95. The van der Waals surface area contributed by atoms with Gasteiger partial charge in [0.2, 0.25) is 0 Å². The molecule has 0 fully saturated rings. The Hall–Kier alpha value is -2.54. The number of hydrogen-bond acceptors (Lipinski definition) is 5. The fraction of sp³-hybridized carbons (Fsp3) is 0.474. The van der Waals surface area contributed by atoms with Crippen LogP contribution in [0.25, 0.3) is 0 Å². The van der Waals surface area contributed by atoms with E-state index in [0.29, 0.717) is 5.75 Å². The van der Waals surface area contributed by atoms with Gasteiger partial charge in [0.25, 0.3) is 5.91 Å². The molecule has 26 heavy (non-hydrogen) atoms. The molecule has 0 N–H and O–H groups in total. The van der Waals surface area contributed by atoms with Gasteiger partial charge in [-0.15, -0.1) is 0 Å². The fourth-order valence-electron chi connectivity index (χ4n) is 2.66. The highest BCUT2D eigenvalue weighted by Crippen LogP contribution is 2.33. The third kappa shape index (κ3) is 4.35. The molecule has 2 atom stereocenters. The van der Waals surface area contributed by atoms with E-state index in [4.69, 9.17) is 14.3 Å². The SMILES string of the molecule is COc1ccc([C@H]2C=C[C@@H](C(=O)N(C)OC)N2C(=O)OC(C)(C)C)cc1. The van der Waals surface area contributed by atoms with Gasteiger partial charge in [0.05, 0.1) is 20.3 Å². The van der Waals surface area contributed by atoms with Crippen LogP contribution in [0.5, 0.6) is 5.75 Å². The number of carbonyl (C=O) groups is 2. The van der Waals surface area contributed by atoms with Gasteiger partial charge in [0.15, 0.2) is 0 Å². The summed E-state index contributed by atoms with van der Waals surface area (Å²) in [6.45, 7) is 5.36. The van der Waals surface area contributed by atoms with E-state index in [2.05, 4.69) is 0 Å². The highest BCUT2D eigenvalue weighted by atomic mass is 16.7. The lowest BCUT2D eigenvalue weighted by molar-refractivity contribution is -0.172. The van der Waals surface area contributed by atoms with Crippen molar-refractivity contribution in [2.45, 2.75) is 38.5 Å². The van der Waals surface area contributed by atoms with Crippen LogP contribution in [-0.2, 0) is 14.4 Å². The summed E-state index contributed by atoms with van der Waals surface area (Å²) in [6, 6.07) is 6.12. The van der Waals surface area contributed by atoms with Crippen molar-refractivity contribution >= 4 is 12.0 Å². The van der Waals surface area contributed by atoms with E-state index in [-0.39, 0.29) is 5.91 Å². The molecule has 0 radical (unpaired) electrons. The van der Waals surface area contributed by atoms with Crippen LogP contribution in [0.2, 0.25) is 0 Å². The number of ether oxygens (including phenoxy) is 2. The summed E-state index contributed by atoms with van der Waals surface area (Å²) in [6.07, 6.45) is 2.94. The quantitative estimate of drug-likeness (QED) is 0.608. The average molecular weight is 362 g/mol. The molecule has 0 spiro atoms. The molecule has 2 amide bonds. The van der Waals surface area contributed by atoms with Crippen molar-refractivity contribution in [2.75, 3.05) is 21.3 Å². The van der Waals surface area contributed by atoms with E-state index in [1.54, 1.807) is 34.0 Å². The van der Waals surface area contributed by atoms with Crippen molar-refractivity contribution in [3.63, 3.8) is 0 Å². The summed E-state index contributed by atoms with van der Waals surface area (Å²) in [4.78, 5) is 31.8. The minimum absolute atomic E-state index is 0.356. The first-order valence-electron chi connectivity index (χ1n) is 8.33. The minimum atomic E-state index is -0.804. The van der Waals surface area contributed by atoms with E-state index >= 15 is 0 Å². The van der Waals surface area contributed by atoms with Crippen LogP contribution in [0.15, 0.2) is 36.4 Å². The first-order chi connectivity index (χ1) is 12.2. The van der Waals surface area contributed by atoms with Crippen molar-refractivity contribution in [3.05, 3.63) is 42.0 Å². The van der Waals surface area contributed by atoms with Crippen molar-refractivity contribution < 1.29 is 23.9 Å². The lowest BCUT2D eigenvalue weighted by atomic mass is 10.1. The van der Waals surface area contributed by atoms with Crippen LogP contribution < -0.4 is 4.74 Å². The summed E-state index contributed by atoms with van der Waals surface area (Å²) < 4.78 is 10.7. The first-order valence-corrected chi connectivity index (χ1v) is 8.33. The topological polar surface area (TPSA) is 68.3 Å². The van der Waals surface area contributed by atoms with Crippen LogP contribution >= 0.6 is 0 Å². The maximum absolute atomic E-state index is 12.8. The van der Waals surface area contributed by atoms with Gasteiger partial charge < -0.3 is 9.47 Å². The zero-order valence-electron chi connectivity index (χ0n) is 16.1. The molecule has 2 rings (SSSR count). The van der Waals surface area contributed by atoms with E-state index in [9.17, 15) is 9.59 Å². The molecule has 7 nitrogen and oxygen atoms in total. The van der Waals surface area contributed by atoms with E-state index in [1.165, 1.54) is 19.1 Å². The van der Waals surface area contributed by atoms with Crippen molar-refractivity contribution in [1.29, 1.82) is 0 Å². The molecule has 0 bridgehead atoms. The Labute approximate surface area is 154 Å². The minimum Gasteiger partial charge on any atom is -0.497 e. The zero-order chi connectivity index (χ0) is 19.5. The average Bonchev–Trinajstić information content (AvgIpc) is 3.04. The molecule has 1 aliphatic rings. The molecule has 1 aromatic carbocycles. The van der Waals surface area contributed by atoms with Gasteiger partial charge >= 0.3 is 6.09 Å². The number of carbonyl (C=O) groups excluding carboxylic acids is 2. The molecule has 1 aliphatic heterocycles. The lowest BCUT2D eigenvalue weighted by Crippen LogP contribution is -2.48. The number of methoxy groups -OCH3 is 1. The molecule has 0 saturated heterocycles. The third-order valence-electron chi connectivity index (χ3n) is 3.97. The predicted molar refractivity (Wildman–Crippen MR) is 96.5 cm³/mol. The summed E-state index contributed by atoms with van der Waals surface area (Å²) in [5, 5.41) is 1.10. The van der Waals surface area contributed by atoms with Crippen molar-refractivity contribution in [3.8, 4) is 5.75 Å². The Morgan fingerprint density at radius 2 is 1.69 bits per heavy atom. The van der Waals surface area contributed by atoms with E-state index in [1.807, 2.05) is 30.3 Å².